The highest BCUT2D eigenvalue weighted by atomic mass is 16.5. The van der Waals surface area contributed by atoms with Gasteiger partial charge in [0.2, 0.25) is 0 Å². The molecular formula is C13H17N3O. The number of hydrogen-bond acceptors (Lipinski definition) is 4. The van der Waals surface area contributed by atoms with Crippen molar-refractivity contribution in [2.45, 2.75) is 13.5 Å². The van der Waals surface area contributed by atoms with Gasteiger partial charge in [0.05, 0.1) is 29.5 Å². The van der Waals surface area contributed by atoms with Crippen molar-refractivity contribution in [3.05, 3.63) is 36.2 Å². The Morgan fingerprint density at radius 1 is 1.24 bits per heavy atom. The molecule has 17 heavy (non-hydrogen) atoms. The number of benzene rings is 1. The van der Waals surface area contributed by atoms with Crippen molar-refractivity contribution >= 4 is 11.0 Å². The van der Waals surface area contributed by atoms with Gasteiger partial charge in [0, 0.05) is 19.7 Å². The topological polar surface area (TPSA) is 47.0 Å². The number of rotatable bonds is 6. The lowest BCUT2D eigenvalue weighted by atomic mass is 10.3. The highest BCUT2D eigenvalue weighted by molar-refractivity contribution is 5.73. The molecule has 0 unspecified atom stereocenters. The van der Waals surface area contributed by atoms with E-state index in [2.05, 4.69) is 15.3 Å². The molecule has 0 bridgehead atoms. The van der Waals surface area contributed by atoms with E-state index in [1.54, 1.807) is 0 Å². The van der Waals surface area contributed by atoms with Crippen LogP contribution in [-0.4, -0.2) is 29.7 Å². The molecule has 1 heterocycles. The Labute approximate surface area is 101 Å². The Hall–Kier alpha value is -1.52. The van der Waals surface area contributed by atoms with Crippen LogP contribution in [0.25, 0.3) is 11.0 Å². The minimum absolute atomic E-state index is 0.727. The zero-order valence-electron chi connectivity index (χ0n) is 10.0. The maximum Gasteiger partial charge on any atom is 0.0890 e. The van der Waals surface area contributed by atoms with Crippen molar-refractivity contribution in [2.24, 2.45) is 0 Å². The Bertz CT molecular complexity index is 473. The van der Waals surface area contributed by atoms with E-state index in [0.717, 1.165) is 43.0 Å². The van der Waals surface area contributed by atoms with E-state index < -0.39 is 0 Å². The first-order chi connectivity index (χ1) is 8.40. The first-order valence-corrected chi connectivity index (χ1v) is 5.89. The summed E-state index contributed by atoms with van der Waals surface area (Å²) in [4.78, 5) is 8.89. The van der Waals surface area contributed by atoms with E-state index in [9.17, 15) is 0 Å². The molecule has 0 spiro atoms. The van der Waals surface area contributed by atoms with Crippen molar-refractivity contribution in [3.63, 3.8) is 0 Å². The molecule has 0 saturated carbocycles. The summed E-state index contributed by atoms with van der Waals surface area (Å²) < 4.78 is 5.24. The maximum atomic E-state index is 5.24. The average Bonchev–Trinajstić information content (AvgIpc) is 2.38. The molecule has 0 amide bonds. The SMILES string of the molecule is CCOCCNCc1cnc2ccccc2n1. The molecule has 0 atom stereocenters. The van der Waals surface area contributed by atoms with Gasteiger partial charge in [-0.2, -0.15) is 0 Å². The van der Waals surface area contributed by atoms with Crippen LogP contribution >= 0.6 is 0 Å². The van der Waals surface area contributed by atoms with Crippen LogP contribution in [0.4, 0.5) is 0 Å². The Kier molecular flexibility index (Phi) is 4.41. The molecule has 1 N–H and O–H groups in total. The van der Waals surface area contributed by atoms with E-state index in [4.69, 9.17) is 4.74 Å². The van der Waals surface area contributed by atoms with Gasteiger partial charge < -0.3 is 10.1 Å². The summed E-state index contributed by atoms with van der Waals surface area (Å²) in [6, 6.07) is 7.89. The molecular weight excluding hydrogens is 214 g/mol. The molecule has 0 radical (unpaired) electrons. The van der Waals surface area contributed by atoms with Crippen LogP contribution in [0.3, 0.4) is 0 Å². The summed E-state index contributed by atoms with van der Waals surface area (Å²) >= 11 is 0. The van der Waals surface area contributed by atoms with Gasteiger partial charge in [-0.1, -0.05) is 12.1 Å². The van der Waals surface area contributed by atoms with Crippen LogP contribution in [0.15, 0.2) is 30.5 Å². The minimum atomic E-state index is 0.727. The first-order valence-electron chi connectivity index (χ1n) is 5.89. The lowest BCUT2D eigenvalue weighted by Gasteiger charge is -2.05. The van der Waals surface area contributed by atoms with Crippen molar-refractivity contribution in [1.29, 1.82) is 0 Å². The van der Waals surface area contributed by atoms with Crippen LogP contribution in [0.2, 0.25) is 0 Å². The number of nitrogens with zero attached hydrogens (tertiary/aromatic N) is 2. The minimum Gasteiger partial charge on any atom is -0.380 e. The summed E-state index contributed by atoms with van der Waals surface area (Å²) in [5.74, 6) is 0. The van der Waals surface area contributed by atoms with Crippen molar-refractivity contribution in [2.75, 3.05) is 19.8 Å². The van der Waals surface area contributed by atoms with Gasteiger partial charge in [-0.25, -0.2) is 4.98 Å². The molecule has 0 aliphatic heterocycles. The molecule has 0 fully saturated rings. The Morgan fingerprint density at radius 2 is 2.06 bits per heavy atom. The molecule has 2 rings (SSSR count). The smallest absolute Gasteiger partial charge is 0.0890 e. The van der Waals surface area contributed by atoms with E-state index in [-0.39, 0.29) is 0 Å². The van der Waals surface area contributed by atoms with Gasteiger partial charge in [-0.15, -0.1) is 0 Å². The number of ether oxygens (including phenoxy) is 1. The summed E-state index contributed by atoms with van der Waals surface area (Å²) in [6.45, 7) is 5.05. The number of nitrogens with one attached hydrogen (secondary N) is 1. The monoisotopic (exact) mass is 231 g/mol. The van der Waals surface area contributed by atoms with Crippen molar-refractivity contribution < 1.29 is 4.74 Å². The Balaban J connectivity index is 1.90. The molecule has 4 heteroatoms. The average molecular weight is 231 g/mol. The standard InChI is InChI=1S/C13H17N3O/c1-2-17-8-7-14-9-11-10-15-12-5-3-4-6-13(12)16-11/h3-6,10,14H,2,7-9H2,1H3. The van der Waals surface area contributed by atoms with Crippen LogP contribution in [0.1, 0.15) is 12.6 Å². The highest BCUT2D eigenvalue weighted by Gasteiger charge is 1.98. The first kappa shape index (κ1) is 12.0. The van der Waals surface area contributed by atoms with Gasteiger partial charge in [-0.05, 0) is 19.1 Å². The highest BCUT2D eigenvalue weighted by Crippen LogP contribution is 2.07. The number of hydrogen-bond donors (Lipinski definition) is 1. The largest absolute Gasteiger partial charge is 0.380 e. The molecule has 2 aromatic rings. The number of para-hydroxylation sites is 2. The molecule has 0 aliphatic carbocycles. The van der Waals surface area contributed by atoms with Gasteiger partial charge in [0.25, 0.3) is 0 Å². The van der Waals surface area contributed by atoms with Crippen LogP contribution in [0.5, 0.6) is 0 Å². The molecule has 4 nitrogen and oxygen atoms in total. The molecule has 1 aromatic heterocycles. The lowest BCUT2D eigenvalue weighted by molar-refractivity contribution is 0.149. The quantitative estimate of drug-likeness (QED) is 0.769. The van der Waals surface area contributed by atoms with Gasteiger partial charge in [0.15, 0.2) is 0 Å². The van der Waals surface area contributed by atoms with Gasteiger partial charge in [0.1, 0.15) is 0 Å². The van der Waals surface area contributed by atoms with E-state index >= 15 is 0 Å². The summed E-state index contributed by atoms with van der Waals surface area (Å²) in [7, 11) is 0. The zero-order chi connectivity index (χ0) is 11.9. The number of aromatic nitrogens is 2. The number of fused-ring (bicyclic) bond motifs is 1. The molecule has 1 aromatic carbocycles. The fraction of sp³-hybridized carbons (Fsp3) is 0.385. The second-order valence-electron chi connectivity index (χ2n) is 3.72. The fourth-order valence-electron chi connectivity index (χ4n) is 1.59. The van der Waals surface area contributed by atoms with Crippen molar-refractivity contribution in [3.8, 4) is 0 Å². The summed E-state index contributed by atoms with van der Waals surface area (Å²) in [6.07, 6.45) is 1.82. The molecule has 0 saturated heterocycles. The van der Waals surface area contributed by atoms with Crippen molar-refractivity contribution in [1.82, 2.24) is 15.3 Å². The fourth-order valence-corrected chi connectivity index (χ4v) is 1.59. The second-order valence-corrected chi connectivity index (χ2v) is 3.72. The van der Waals surface area contributed by atoms with E-state index in [1.807, 2.05) is 37.4 Å². The second kappa shape index (κ2) is 6.27. The predicted molar refractivity (Wildman–Crippen MR) is 67.7 cm³/mol. The van der Waals surface area contributed by atoms with E-state index in [1.165, 1.54) is 0 Å². The molecule has 90 valence electrons. The third kappa shape index (κ3) is 3.47. The van der Waals surface area contributed by atoms with Crippen LogP contribution in [0, 0.1) is 0 Å². The zero-order valence-corrected chi connectivity index (χ0v) is 10.0. The van der Waals surface area contributed by atoms with E-state index in [0.29, 0.717) is 0 Å². The normalized spacial score (nSPS) is 10.9. The third-order valence-corrected chi connectivity index (χ3v) is 2.43. The Morgan fingerprint density at radius 3 is 2.88 bits per heavy atom. The predicted octanol–water partition coefficient (Wildman–Crippen LogP) is 1.76. The maximum absolute atomic E-state index is 5.24. The third-order valence-electron chi connectivity index (χ3n) is 2.43. The summed E-state index contributed by atoms with van der Waals surface area (Å²) in [5, 5.41) is 3.27. The lowest BCUT2D eigenvalue weighted by Crippen LogP contribution is -2.19. The molecule has 0 aliphatic rings. The van der Waals surface area contributed by atoms with Gasteiger partial charge >= 0.3 is 0 Å². The van der Waals surface area contributed by atoms with Crippen LogP contribution in [-0.2, 0) is 11.3 Å². The van der Waals surface area contributed by atoms with Crippen LogP contribution < -0.4 is 5.32 Å². The van der Waals surface area contributed by atoms with Gasteiger partial charge in [-0.3, -0.25) is 4.98 Å². The summed E-state index contributed by atoms with van der Waals surface area (Å²) in [5.41, 5.74) is 2.84.